The van der Waals surface area contributed by atoms with Crippen LogP contribution < -0.4 is 9.46 Å². The lowest BCUT2D eigenvalue weighted by atomic mass is 10.0. The van der Waals surface area contributed by atoms with Crippen molar-refractivity contribution in [2.24, 2.45) is 0 Å². The van der Waals surface area contributed by atoms with Crippen LogP contribution in [0.5, 0.6) is 5.75 Å². The summed E-state index contributed by atoms with van der Waals surface area (Å²) >= 11 is 0. The minimum atomic E-state index is -3.29. The molecule has 0 unspecified atom stereocenters. The monoisotopic (exact) mass is 358 g/mol. The van der Waals surface area contributed by atoms with Crippen molar-refractivity contribution in [3.63, 3.8) is 0 Å². The fourth-order valence-corrected chi connectivity index (χ4v) is 2.94. The molecule has 25 heavy (non-hydrogen) atoms. The molecule has 0 spiro atoms. The predicted octanol–water partition coefficient (Wildman–Crippen LogP) is 3.32. The van der Waals surface area contributed by atoms with Crippen LogP contribution in [0.1, 0.15) is 26.3 Å². The van der Waals surface area contributed by atoms with Crippen molar-refractivity contribution in [3.8, 4) is 22.9 Å². The zero-order valence-corrected chi connectivity index (χ0v) is 15.4. The Morgan fingerprint density at radius 1 is 1.00 bits per heavy atom. The van der Waals surface area contributed by atoms with Gasteiger partial charge in [-0.2, -0.15) is 5.26 Å². The Labute approximate surface area is 149 Å². The van der Waals surface area contributed by atoms with Gasteiger partial charge < -0.3 is 4.74 Å². The summed E-state index contributed by atoms with van der Waals surface area (Å²) in [6.45, 7) is 5.31. The summed E-state index contributed by atoms with van der Waals surface area (Å²) in [7, 11) is -3.29. The molecule has 0 aliphatic rings. The van der Waals surface area contributed by atoms with Crippen molar-refractivity contribution in [2.45, 2.75) is 32.1 Å². The number of hydrogen-bond donors (Lipinski definition) is 1. The van der Waals surface area contributed by atoms with E-state index in [0.717, 1.165) is 11.1 Å². The molecule has 0 saturated heterocycles. The lowest BCUT2D eigenvalue weighted by molar-refractivity contribution is 0.225. The zero-order chi connectivity index (χ0) is 18.4. The Kier molecular flexibility index (Phi) is 6.18. The van der Waals surface area contributed by atoms with Crippen molar-refractivity contribution in [2.75, 3.05) is 6.54 Å². The van der Waals surface area contributed by atoms with Crippen LogP contribution in [-0.2, 0) is 10.0 Å². The van der Waals surface area contributed by atoms with Crippen LogP contribution in [-0.4, -0.2) is 26.3 Å². The van der Waals surface area contributed by atoms with Crippen molar-refractivity contribution in [1.29, 1.82) is 5.26 Å². The van der Waals surface area contributed by atoms with Gasteiger partial charge in [0.05, 0.1) is 16.9 Å². The van der Waals surface area contributed by atoms with Gasteiger partial charge >= 0.3 is 0 Å². The van der Waals surface area contributed by atoms with E-state index in [2.05, 4.69) is 10.8 Å². The van der Waals surface area contributed by atoms with E-state index in [1.807, 2.05) is 43.3 Å². The van der Waals surface area contributed by atoms with Crippen LogP contribution in [0.4, 0.5) is 0 Å². The highest BCUT2D eigenvalue weighted by molar-refractivity contribution is 7.90. The van der Waals surface area contributed by atoms with Crippen molar-refractivity contribution in [3.05, 3.63) is 54.1 Å². The van der Waals surface area contributed by atoms with E-state index in [1.54, 1.807) is 26.0 Å². The number of ether oxygens (including phenoxy) is 1. The molecule has 0 amide bonds. The molecule has 0 bridgehead atoms. The minimum Gasteiger partial charge on any atom is -0.489 e. The molecular formula is C19H22N2O3S. The molecule has 2 aromatic rings. The Morgan fingerprint density at radius 2 is 1.52 bits per heavy atom. The van der Waals surface area contributed by atoms with Gasteiger partial charge in [-0.15, -0.1) is 0 Å². The van der Waals surface area contributed by atoms with E-state index < -0.39 is 15.3 Å². The van der Waals surface area contributed by atoms with E-state index in [-0.39, 0.29) is 12.6 Å². The normalized spacial score (nSPS) is 12.6. The van der Waals surface area contributed by atoms with Gasteiger partial charge in [-0.25, -0.2) is 13.1 Å². The number of benzene rings is 2. The van der Waals surface area contributed by atoms with Gasteiger partial charge in [0.25, 0.3) is 0 Å². The van der Waals surface area contributed by atoms with E-state index >= 15 is 0 Å². The Hall–Kier alpha value is -2.36. The van der Waals surface area contributed by atoms with Gasteiger partial charge in [0, 0.05) is 6.54 Å². The van der Waals surface area contributed by atoms with E-state index in [1.165, 1.54) is 0 Å². The number of nitrogens with one attached hydrogen (secondary N) is 1. The van der Waals surface area contributed by atoms with Gasteiger partial charge in [-0.1, -0.05) is 24.3 Å². The first kappa shape index (κ1) is 19.0. The largest absolute Gasteiger partial charge is 0.489 e. The molecule has 0 radical (unpaired) electrons. The molecule has 0 saturated carbocycles. The second kappa shape index (κ2) is 8.15. The van der Waals surface area contributed by atoms with Gasteiger partial charge in [0.1, 0.15) is 11.9 Å². The highest BCUT2D eigenvalue weighted by atomic mass is 32.2. The lowest BCUT2D eigenvalue weighted by Gasteiger charge is -2.17. The predicted molar refractivity (Wildman–Crippen MR) is 98.7 cm³/mol. The van der Waals surface area contributed by atoms with Gasteiger partial charge in [-0.3, -0.25) is 0 Å². The van der Waals surface area contributed by atoms with Gasteiger partial charge in [0.15, 0.2) is 0 Å². The van der Waals surface area contributed by atoms with Crippen LogP contribution in [0.25, 0.3) is 11.1 Å². The fraction of sp³-hybridized carbons (Fsp3) is 0.316. The van der Waals surface area contributed by atoms with Gasteiger partial charge in [-0.05, 0) is 56.2 Å². The molecule has 0 aliphatic carbocycles. The smallest absolute Gasteiger partial charge is 0.214 e. The van der Waals surface area contributed by atoms with E-state index in [9.17, 15) is 8.42 Å². The van der Waals surface area contributed by atoms with Crippen LogP contribution >= 0.6 is 0 Å². The highest BCUT2D eigenvalue weighted by Gasteiger charge is 2.16. The van der Waals surface area contributed by atoms with Crippen LogP contribution in [0.2, 0.25) is 0 Å². The molecular weight excluding hydrogens is 336 g/mol. The Morgan fingerprint density at radius 3 is 2.00 bits per heavy atom. The third kappa shape index (κ3) is 5.31. The standard InChI is InChI=1S/C19H22N2O3S/c1-14(2)25(22,23)21-13-15(3)24-19-10-8-18(9-11-19)17-6-4-16(12-20)5-7-17/h4-11,14-15,21H,13H2,1-3H3/t15-/m0/s1. The van der Waals surface area contributed by atoms with Crippen LogP contribution in [0.3, 0.4) is 0 Å². The zero-order valence-electron chi connectivity index (χ0n) is 14.6. The van der Waals surface area contributed by atoms with E-state index in [4.69, 9.17) is 10.00 Å². The first-order valence-electron chi connectivity index (χ1n) is 8.07. The summed E-state index contributed by atoms with van der Waals surface area (Å²) < 4.78 is 31.8. The molecule has 1 N–H and O–H groups in total. The number of nitriles is 1. The maximum Gasteiger partial charge on any atom is 0.214 e. The lowest BCUT2D eigenvalue weighted by Crippen LogP contribution is -2.37. The molecule has 2 aromatic carbocycles. The van der Waals surface area contributed by atoms with E-state index in [0.29, 0.717) is 11.3 Å². The molecule has 1 atom stereocenters. The van der Waals surface area contributed by atoms with Crippen molar-refractivity contribution < 1.29 is 13.2 Å². The van der Waals surface area contributed by atoms with Crippen LogP contribution in [0, 0.1) is 11.3 Å². The van der Waals surface area contributed by atoms with Crippen LogP contribution in [0.15, 0.2) is 48.5 Å². The maximum absolute atomic E-state index is 11.7. The SMILES string of the molecule is CC(C)S(=O)(=O)NC[C@H](C)Oc1ccc(-c2ccc(C#N)cc2)cc1. The highest BCUT2D eigenvalue weighted by Crippen LogP contribution is 2.23. The summed E-state index contributed by atoms with van der Waals surface area (Å²) in [6.07, 6.45) is -0.283. The number of nitrogens with zero attached hydrogens (tertiary/aromatic N) is 1. The Balaban J connectivity index is 1.96. The maximum atomic E-state index is 11.7. The third-order valence-electron chi connectivity index (χ3n) is 3.73. The average Bonchev–Trinajstić information content (AvgIpc) is 2.61. The topological polar surface area (TPSA) is 79.2 Å². The van der Waals surface area contributed by atoms with Crippen molar-refractivity contribution in [1.82, 2.24) is 4.72 Å². The van der Waals surface area contributed by atoms with Crippen molar-refractivity contribution >= 4 is 10.0 Å². The quantitative estimate of drug-likeness (QED) is 0.823. The second-order valence-electron chi connectivity index (χ2n) is 6.08. The second-order valence-corrected chi connectivity index (χ2v) is 8.41. The molecule has 0 heterocycles. The molecule has 2 rings (SSSR count). The molecule has 5 nitrogen and oxygen atoms in total. The molecule has 0 fully saturated rings. The molecule has 0 aromatic heterocycles. The summed E-state index contributed by atoms with van der Waals surface area (Å²) in [5, 5.41) is 8.37. The molecule has 0 aliphatic heterocycles. The first-order chi connectivity index (χ1) is 11.8. The third-order valence-corrected chi connectivity index (χ3v) is 5.54. The Bertz CT molecular complexity index is 836. The number of hydrogen-bond acceptors (Lipinski definition) is 4. The fourth-order valence-electron chi connectivity index (χ4n) is 2.14. The summed E-state index contributed by atoms with van der Waals surface area (Å²) in [6, 6.07) is 17.0. The summed E-state index contributed by atoms with van der Waals surface area (Å²) in [5.41, 5.74) is 2.66. The molecule has 132 valence electrons. The number of sulfonamides is 1. The summed E-state index contributed by atoms with van der Waals surface area (Å²) in [4.78, 5) is 0. The first-order valence-corrected chi connectivity index (χ1v) is 9.62. The number of rotatable bonds is 7. The average molecular weight is 358 g/mol. The van der Waals surface area contributed by atoms with Gasteiger partial charge in [0.2, 0.25) is 10.0 Å². The molecule has 6 heteroatoms. The minimum absolute atomic E-state index is 0.220. The summed E-state index contributed by atoms with van der Waals surface area (Å²) in [5.74, 6) is 0.675.